The number of carbonyl (C=O) groups excluding carboxylic acids is 1. The third-order valence-corrected chi connectivity index (χ3v) is 3.86. The molecule has 0 fully saturated rings. The minimum atomic E-state index is -0.146. The molecule has 25 heavy (non-hydrogen) atoms. The van der Waals surface area contributed by atoms with E-state index < -0.39 is 0 Å². The predicted octanol–water partition coefficient (Wildman–Crippen LogP) is 3.30. The Hall–Kier alpha value is -2.95. The summed E-state index contributed by atoms with van der Waals surface area (Å²) >= 11 is 0. The first-order chi connectivity index (χ1) is 12.3. The summed E-state index contributed by atoms with van der Waals surface area (Å²) in [6, 6.07) is 15.7. The van der Waals surface area contributed by atoms with E-state index in [1.165, 1.54) is 10.9 Å². The number of H-pyrrole nitrogens is 1. The average Bonchev–Trinajstić information content (AvgIpc) is 3.09. The maximum absolute atomic E-state index is 12.0. The minimum Gasteiger partial charge on any atom is -0.490 e. The molecule has 130 valence electrons. The molecule has 1 heterocycles. The van der Waals surface area contributed by atoms with Crippen LogP contribution < -0.4 is 14.8 Å². The molecule has 0 radical (unpaired) electrons. The number of benzene rings is 2. The maximum atomic E-state index is 12.0. The van der Waals surface area contributed by atoms with Crippen LogP contribution in [0.1, 0.15) is 12.5 Å². The molecule has 2 aromatic carbocycles. The normalized spacial score (nSPS) is 10.6. The Morgan fingerprint density at radius 3 is 2.68 bits per heavy atom. The molecular weight excluding hydrogens is 316 g/mol. The highest BCUT2D eigenvalue weighted by Crippen LogP contribution is 2.26. The standard InChI is InChI=1S/C20H22N2O3/c1-2-24-18-5-3-4-6-19(18)25-14-20(23)22-11-9-15-7-8-16-10-12-21-17(16)13-15/h3-8,10,12-13,21H,2,9,11,14H2,1H3,(H,22,23). The second kappa shape index (κ2) is 8.24. The van der Waals surface area contributed by atoms with Crippen LogP contribution >= 0.6 is 0 Å². The van der Waals surface area contributed by atoms with Gasteiger partial charge in [0.15, 0.2) is 18.1 Å². The average molecular weight is 338 g/mol. The van der Waals surface area contributed by atoms with Gasteiger partial charge in [0, 0.05) is 18.3 Å². The Morgan fingerprint density at radius 2 is 1.88 bits per heavy atom. The lowest BCUT2D eigenvalue weighted by molar-refractivity contribution is -0.123. The molecule has 2 N–H and O–H groups in total. The van der Waals surface area contributed by atoms with Crippen LogP contribution in [0, 0.1) is 0 Å². The number of ether oxygens (including phenoxy) is 2. The summed E-state index contributed by atoms with van der Waals surface area (Å²) in [6.45, 7) is 3.01. The number of fused-ring (bicyclic) bond motifs is 1. The highest BCUT2D eigenvalue weighted by atomic mass is 16.5. The topological polar surface area (TPSA) is 63.4 Å². The van der Waals surface area contributed by atoms with Crippen molar-refractivity contribution < 1.29 is 14.3 Å². The lowest BCUT2D eigenvalue weighted by Gasteiger charge is -2.11. The first-order valence-electron chi connectivity index (χ1n) is 8.43. The molecule has 0 saturated carbocycles. The minimum absolute atomic E-state index is 0.0280. The van der Waals surface area contributed by atoms with Crippen molar-refractivity contribution in [1.82, 2.24) is 10.3 Å². The van der Waals surface area contributed by atoms with Gasteiger partial charge in [-0.25, -0.2) is 0 Å². The van der Waals surface area contributed by atoms with Crippen molar-refractivity contribution >= 4 is 16.8 Å². The van der Waals surface area contributed by atoms with Gasteiger partial charge < -0.3 is 19.8 Å². The Balaban J connectivity index is 1.45. The zero-order chi connectivity index (χ0) is 17.5. The van der Waals surface area contributed by atoms with Gasteiger partial charge in [-0.3, -0.25) is 4.79 Å². The molecule has 0 unspecified atom stereocenters. The van der Waals surface area contributed by atoms with Gasteiger partial charge in [0.05, 0.1) is 6.61 Å². The van der Waals surface area contributed by atoms with E-state index in [1.807, 2.05) is 37.4 Å². The summed E-state index contributed by atoms with van der Waals surface area (Å²) in [7, 11) is 0. The number of hydrogen-bond acceptors (Lipinski definition) is 3. The van der Waals surface area contributed by atoms with E-state index in [0.717, 1.165) is 11.9 Å². The molecule has 5 nitrogen and oxygen atoms in total. The molecule has 0 saturated heterocycles. The molecule has 1 amide bonds. The smallest absolute Gasteiger partial charge is 0.257 e. The molecule has 3 aromatic rings. The van der Waals surface area contributed by atoms with Crippen molar-refractivity contribution in [2.45, 2.75) is 13.3 Å². The van der Waals surface area contributed by atoms with E-state index in [1.54, 1.807) is 6.07 Å². The van der Waals surface area contributed by atoms with Crippen LogP contribution in [0.5, 0.6) is 11.5 Å². The van der Waals surface area contributed by atoms with Gasteiger partial charge in [0.25, 0.3) is 5.91 Å². The predicted molar refractivity (Wildman–Crippen MR) is 98.1 cm³/mol. The van der Waals surface area contributed by atoms with Crippen LogP contribution in [0.3, 0.4) is 0 Å². The summed E-state index contributed by atoms with van der Waals surface area (Å²) in [6.07, 6.45) is 2.70. The van der Waals surface area contributed by atoms with Gasteiger partial charge in [0.2, 0.25) is 0 Å². The van der Waals surface area contributed by atoms with Crippen LogP contribution in [0.4, 0.5) is 0 Å². The van der Waals surface area contributed by atoms with Crippen LogP contribution in [-0.2, 0) is 11.2 Å². The molecule has 0 aliphatic rings. The molecule has 0 atom stereocenters. The molecule has 3 rings (SSSR count). The summed E-state index contributed by atoms with van der Waals surface area (Å²) in [4.78, 5) is 15.2. The van der Waals surface area contributed by atoms with E-state index >= 15 is 0 Å². The van der Waals surface area contributed by atoms with Gasteiger partial charge in [-0.1, -0.05) is 24.3 Å². The molecule has 0 bridgehead atoms. The molecule has 5 heteroatoms. The fraction of sp³-hybridized carbons (Fsp3) is 0.250. The van der Waals surface area contributed by atoms with Crippen LogP contribution in [-0.4, -0.2) is 30.6 Å². The fourth-order valence-corrected chi connectivity index (χ4v) is 2.64. The first-order valence-corrected chi connectivity index (χ1v) is 8.43. The highest BCUT2D eigenvalue weighted by molar-refractivity contribution is 5.80. The zero-order valence-electron chi connectivity index (χ0n) is 14.2. The van der Waals surface area contributed by atoms with E-state index in [-0.39, 0.29) is 12.5 Å². The Bertz CT molecular complexity index is 842. The quantitative estimate of drug-likeness (QED) is 0.662. The summed E-state index contributed by atoms with van der Waals surface area (Å²) < 4.78 is 11.0. The molecule has 1 aromatic heterocycles. The molecular formula is C20H22N2O3. The zero-order valence-corrected chi connectivity index (χ0v) is 14.2. The maximum Gasteiger partial charge on any atom is 0.257 e. The summed E-state index contributed by atoms with van der Waals surface area (Å²) in [5, 5.41) is 4.07. The SMILES string of the molecule is CCOc1ccccc1OCC(=O)NCCc1ccc2cc[nH]c2c1. The molecule has 0 spiro atoms. The van der Waals surface area contributed by atoms with E-state index in [4.69, 9.17) is 9.47 Å². The van der Waals surface area contributed by atoms with Crippen LogP contribution in [0.25, 0.3) is 10.9 Å². The number of aromatic nitrogens is 1. The lowest BCUT2D eigenvalue weighted by Crippen LogP contribution is -2.30. The second-order valence-corrected chi connectivity index (χ2v) is 5.67. The number of hydrogen-bond donors (Lipinski definition) is 2. The number of amides is 1. The van der Waals surface area contributed by atoms with Crippen molar-refractivity contribution in [3.05, 3.63) is 60.3 Å². The Morgan fingerprint density at radius 1 is 1.08 bits per heavy atom. The van der Waals surface area contributed by atoms with Gasteiger partial charge >= 0.3 is 0 Å². The van der Waals surface area contributed by atoms with Crippen molar-refractivity contribution in [2.24, 2.45) is 0 Å². The van der Waals surface area contributed by atoms with Crippen molar-refractivity contribution in [3.8, 4) is 11.5 Å². The van der Waals surface area contributed by atoms with Gasteiger partial charge in [0.1, 0.15) is 0 Å². The lowest BCUT2D eigenvalue weighted by atomic mass is 10.1. The second-order valence-electron chi connectivity index (χ2n) is 5.67. The van der Waals surface area contributed by atoms with Gasteiger partial charge in [-0.15, -0.1) is 0 Å². The molecule has 0 aliphatic heterocycles. The van der Waals surface area contributed by atoms with Gasteiger partial charge in [-0.05, 0) is 48.6 Å². The Kier molecular flexibility index (Phi) is 5.57. The highest BCUT2D eigenvalue weighted by Gasteiger charge is 2.07. The van der Waals surface area contributed by atoms with E-state index in [2.05, 4.69) is 28.5 Å². The van der Waals surface area contributed by atoms with E-state index in [9.17, 15) is 4.79 Å². The number of carbonyl (C=O) groups is 1. The number of para-hydroxylation sites is 2. The monoisotopic (exact) mass is 338 g/mol. The van der Waals surface area contributed by atoms with Crippen molar-refractivity contribution in [1.29, 1.82) is 0 Å². The largest absolute Gasteiger partial charge is 0.490 e. The summed E-state index contributed by atoms with van der Waals surface area (Å²) in [5.41, 5.74) is 2.29. The van der Waals surface area contributed by atoms with Crippen molar-refractivity contribution in [2.75, 3.05) is 19.8 Å². The van der Waals surface area contributed by atoms with E-state index in [0.29, 0.717) is 24.7 Å². The van der Waals surface area contributed by atoms with Gasteiger partial charge in [-0.2, -0.15) is 0 Å². The third-order valence-electron chi connectivity index (χ3n) is 3.86. The summed E-state index contributed by atoms with van der Waals surface area (Å²) in [5.74, 6) is 1.08. The van der Waals surface area contributed by atoms with Crippen LogP contribution in [0.15, 0.2) is 54.7 Å². The number of rotatable bonds is 8. The van der Waals surface area contributed by atoms with Crippen molar-refractivity contribution in [3.63, 3.8) is 0 Å². The van der Waals surface area contributed by atoms with Crippen LogP contribution in [0.2, 0.25) is 0 Å². The fourth-order valence-electron chi connectivity index (χ4n) is 2.64. The number of aromatic amines is 1. The molecule has 0 aliphatic carbocycles. The third kappa shape index (κ3) is 4.53. The number of nitrogens with one attached hydrogen (secondary N) is 2. The Labute approximate surface area is 147 Å². The first kappa shape index (κ1) is 16.9.